The predicted molar refractivity (Wildman–Crippen MR) is 111 cm³/mol. The molecule has 0 spiro atoms. The third kappa shape index (κ3) is 5.89. The number of nitrogens with zero attached hydrogens (tertiary/aromatic N) is 1. The lowest BCUT2D eigenvalue weighted by atomic mass is 10.0. The van der Waals surface area contributed by atoms with E-state index in [-0.39, 0.29) is 28.1 Å². The van der Waals surface area contributed by atoms with Gasteiger partial charge in [-0.25, -0.2) is 9.18 Å². The largest absolute Gasteiger partial charge is 0.573 e. The molecule has 0 atom stereocenters. The van der Waals surface area contributed by atoms with Crippen LogP contribution in [0.15, 0.2) is 30.3 Å². The maximum Gasteiger partial charge on any atom is 0.573 e. The van der Waals surface area contributed by atoms with Gasteiger partial charge in [0.05, 0.1) is 18.7 Å². The van der Waals surface area contributed by atoms with Gasteiger partial charge in [-0.1, -0.05) is 11.6 Å². The Kier molecular flexibility index (Phi) is 6.94. The van der Waals surface area contributed by atoms with Gasteiger partial charge in [0.15, 0.2) is 0 Å². The fraction of sp³-hybridized carbons (Fsp3) is 0.333. The van der Waals surface area contributed by atoms with Crippen molar-refractivity contribution in [3.05, 3.63) is 57.9 Å². The molecule has 0 aliphatic carbocycles. The normalized spacial score (nSPS) is 14.6. The van der Waals surface area contributed by atoms with Crippen molar-refractivity contribution in [2.75, 3.05) is 25.5 Å². The van der Waals surface area contributed by atoms with Gasteiger partial charge in [-0.05, 0) is 42.8 Å². The summed E-state index contributed by atoms with van der Waals surface area (Å²) in [5, 5.41) is 11.2. The van der Waals surface area contributed by atoms with Crippen LogP contribution in [-0.2, 0) is 11.3 Å². The van der Waals surface area contributed by atoms with Crippen LogP contribution in [0.25, 0.3) is 0 Å². The number of rotatable bonds is 7. The molecule has 0 aromatic heterocycles. The smallest absolute Gasteiger partial charge is 0.465 e. The van der Waals surface area contributed by atoms with Crippen molar-refractivity contribution in [3.8, 4) is 5.75 Å². The molecule has 0 bridgehead atoms. The molecule has 2 aromatic rings. The molecule has 2 aromatic carbocycles. The van der Waals surface area contributed by atoms with Crippen molar-refractivity contribution in [1.82, 2.24) is 4.90 Å². The minimum Gasteiger partial charge on any atom is -0.465 e. The molecule has 1 heterocycles. The number of carbonyl (C=O) groups excluding carboxylic acids is 1. The summed E-state index contributed by atoms with van der Waals surface area (Å²) in [5.41, 5.74) is 1.18. The van der Waals surface area contributed by atoms with E-state index >= 15 is 0 Å². The zero-order valence-electron chi connectivity index (χ0n) is 17.1. The van der Waals surface area contributed by atoms with Crippen LogP contribution in [0.5, 0.6) is 5.75 Å². The first-order valence-corrected chi connectivity index (χ1v) is 9.84. The zero-order chi connectivity index (χ0) is 23.6. The molecule has 11 heteroatoms. The molecule has 1 aliphatic rings. The number of nitrogens with one attached hydrogen (secondary N) is 2. The van der Waals surface area contributed by atoms with Gasteiger partial charge in [0.1, 0.15) is 11.6 Å². The second kappa shape index (κ2) is 9.33. The highest BCUT2D eigenvalue weighted by atomic mass is 35.5. The van der Waals surface area contributed by atoms with Gasteiger partial charge in [0.2, 0.25) is 0 Å². The predicted octanol–water partition coefficient (Wildman–Crippen LogP) is 4.85. The number of methoxy groups -OCH3 is 1. The van der Waals surface area contributed by atoms with Gasteiger partial charge >= 0.3 is 12.3 Å². The van der Waals surface area contributed by atoms with E-state index in [0.29, 0.717) is 36.4 Å². The lowest BCUT2D eigenvalue weighted by molar-refractivity contribution is -0.274. The third-order valence-corrected chi connectivity index (χ3v) is 5.02. The van der Waals surface area contributed by atoms with Crippen LogP contribution in [0.4, 0.5) is 23.2 Å². The molecule has 32 heavy (non-hydrogen) atoms. The van der Waals surface area contributed by atoms with E-state index in [9.17, 15) is 22.4 Å². The molecule has 3 rings (SSSR count). The number of hydrogen-bond donors (Lipinski definition) is 2. The number of esters is 1. The lowest BCUT2D eigenvalue weighted by Crippen LogP contribution is -2.54. The molecule has 1 aliphatic heterocycles. The monoisotopic (exact) mass is 473 g/mol. The molecule has 0 amide bonds. The minimum atomic E-state index is -4.81. The Morgan fingerprint density at radius 1 is 1.22 bits per heavy atom. The number of likely N-dealkylation sites (tertiary alicyclic amines) is 1. The average Bonchev–Trinajstić information content (AvgIpc) is 2.63. The molecular formula is C21H20ClF4N3O3. The maximum atomic E-state index is 14.3. The van der Waals surface area contributed by atoms with Crippen molar-refractivity contribution in [2.24, 2.45) is 0 Å². The number of halogens is 5. The highest BCUT2D eigenvalue weighted by molar-refractivity contribution is 6.30. The zero-order valence-corrected chi connectivity index (χ0v) is 17.9. The van der Waals surface area contributed by atoms with Gasteiger partial charge in [-0.3, -0.25) is 4.90 Å². The minimum absolute atomic E-state index is 0.0819. The number of benzene rings is 2. The molecule has 6 nitrogen and oxygen atoms in total. The van der Waals surface area contributed by atoms with Gasteiger partial charge in [0, 0.05) is 41.6 Å². The highest BCUT2D eigenvalue weighted by Gasteiger charge is 2.32. The van der Waals surface area contributed by atoms with E-state index in [1.165, 1.54) is 19.1 Å². The molecular weight excluding hydrogens is 454 g/mol. The summed E-state index contributed by atoms with van der Waals surface area (Å²) in [6, 6.07) is 6.27. The van der Waals surface area contributed by atoms with Gasteiger partial charge in [-0.2, -0.15) is 0 Å². The number of hydrogen-bond acceptors (Lipinski definition) is 6. The van der Waals surface area contributed by atoms with Gasteiger partial charge in [-0.15, -0.1) is 13.2 Å². The second-order valence-electron chi connectivity index (χ2n) is 7.37. The summed E-state index contributed by atoms with van der Waals surface area (Å²) in [7, 11) is 1.14. The topological polar surface area (TPSA) is 74.7 Å². The summed E-state index contributed by atoms with van der Waals surface area (Å²) in [6.45, 7) is 2.92. The molecule has 1 saturated heterocycles. The number of anilines is 1. The number of alkyl halides is 3. The van der Waals surface area contributed by atoms with Gasteiger partial charge in [0.25, 0.3) is 0 Å². The van der Waals surface area contributed by atoms with Crippen LogP contribution in [0.3, 0.4) is 0 Å². The molecule has 0 saturated carbocycles. The third-order valence-electron chi connectivity index (χ3n) is 4.80. The fourth-order valence-corrected chi connectivity index (χ4v) is 3.69. The highest BCUT2D eigenvalue weighted by Crippen LogP contribution is 2.29. The lowest BCUT2D eigenvalue weighted by Gasteiger charge is -2.40. The second-order valence-corrected chi connectivity index (χ2v) is 7.81. The van der Waals surface area contributed by atoms with Crippen LogP contribution in [-0.4, -0.2) is 49.2 Å². The van der Waals surface area contributed by atoms with Crippen LogP contribution in [0.2, 0.25) is 5.02 Å². The Morgan fingerprint density at radius 2 is 1.91 bits per heavy atom. The summed E-state index contributed by atoms with van der Waals surface area (Å²) in [5.74, 6) is -1.99. The summed E-state index contributed by atoms with van der Waals surface area (Å²) < 4.78 is 60.2. The number of ether oxygens (including phenoxy) is 2. The molecule has 0 unspecified atom stereocenters. The summed E-state index contributed by atoms with van der Waals surface area (Å²) in [6.07, 6.45) is -4.81. The summed E-state index contributed by atoms with van der Waals surface area (Å²) >= 11 is 5.90. The first-order valence-electron chi connectivity index (χ1n) is 9.46. The first kappa shape index (κ1) is 23.8. The van der Waals surface area contributed by atoms with Crippen LogP contribution in [0, 0.1) is 11.2 Å². The van der Waals surface area contributed by atoms with E-state index in [2.05, 4.69) is 14.8 Å². The van der Waals surface area contributed by atoms with E-state index in [1.54, 1.807) is 6.07 Å². The van der Waals surface area contributed by atoms with Crippen LogP contribution in [0.1, 0.15) is 28.4 Å². The van der Waals surface area contributed by atoms with Crippen LogP contribution < -0.4 is 10.1 Å². The van der Waals surface area contributed by atoms with Crippen molar-refractivity contribution in [3.63, 3.8) is 0 Å². The Labute approximate surface area is 186 Å². The quantitative estimate of drug-likeness (QED) is 0.342. The van der Waals surface area contributed by atoms with E-state index in [1.807, 2.05) is 4.90 Å². The molecule has 2 N–H and O–H groups in total. The van der Waals surface area contributed by atoms with Crippen molar-refractivity contribution < 1.29 is 31.8 Å². The number of carbonyl (C=O) groups is 1. The Balaban J connectivity index is 1.65. The Bertz CT molecular complexity index is 1040. The fourth-order valence-electron chi connectivity index (χ4n) is 3.44. The Morgan fingerprint density at radius 3 is 2.50 bits per heavy atom. The first-order chi connectivity index (χ1) is 14.9. The standard InChI is InChI=1S/C21H20ClF4N3O3/c1-11(27)16-6-17(20(30)31-2)18(23)7-19(16)28-14-9-29(10-14)8-12-3-13(22)5-15(4-12)32-21(24,25)26/h3-7,14,27-28H,8-10H2,1-2H3. The Hall–Kier alpha value is -2.85. The van der Waals surface area contributed by atoms with Crippen molar-refractivity contribution >= 4 is 29.0 Å². The van der Waals surface area contributed by atoms with Gasteiger partial charge < -0.3 is 20.2 Å². The van der Waals surface area contributed by atoms with E-state index in [4.69, 9.17) is 17.0 Å². The maximum absolute atomic E-state index is 14.3. The molecule has 0 radical (unpaired) electrons. The molecule has 1 fully saturated rings. The van der Waals surface area contributed by atoms with Crippen LogP contribution >= 0.6 is 11.6 Å². The van der Waals surface area contributed by atoms with E-state index < -0.39 is 18.1 Å². The SMILES string of the molecule is COC(=O)c1cc(C(C)=N)c(NC2CN(Cc3cc(Cl)cc(OC(F)(F)F)c3)C2)cc1F. The van der Waals surface area contributed by atoms with E-state index in [0.717, 1.165) is 19.2 Å². The average molecular weight is 474 g/mol. The summed E-state index contributed by atoms with van der Waals surface area (Å²) in [4.78, 5) is 13.7. The molecule has 172 valence electrons. The van der Waals surface area contributed by atoms with Crippen molar-refractivity contribution in [1.29, 1.82) is 5.41 Å². The van der Waals surface area contributed by atoms with Crippen molar-refractivity contribution in [2.45, 2.75) is 25.9 Å².